The number of esters is 2. The molecule has 6 aromatic carbocycles. The van der Waals surface area contributed by atoms with E-state index >= 15 is 0 Å². The van der Waals surface area contributed by atoms with Crippen molar-refractivity contribution in [3.8, 4) is 45.9 Å². The largest absolute Gasteiger partial charge is 0.423 e. The average Bonchev–Trinajstić information content (AvgIpc) is 3.23. The average molecular weight is 831 g/mol. The highest BCUT2D eigenvalue weighted by atomic mass is 19.1. The molecule has 0 saturated heterocycles. The van der Waals surface area contributed by atoms with Crippen molar-refractivity contribution in [2.45, 2.75) is 57.8 Å². The van der Waals surface area contributed by atoms with Crippen molar-refractivity contribution in [3.63, 3.8) is 0 Å². The first-order valence-electron chi connectivity index (χ1n) is 19.4. The van der Waals surface area contributed by atoms with E-state index in [1.54, 1.807) is 24.3 Å². The van der Waals surface area contributed by atoms with E-state index in [4.69, 9.17) is 20.0 Å². The van der Waals surface area contributed by atoms with Gasteiger partial charge in [-0.1, -0.05) is 56.4 Å². The van der Waals surface area contributed by atoms with Crippen LogP contribution >= 0.6 is 0 Å². The molecule has 0 aliphatic carbocycles. The number of ether oxygens (including phenoxy) is 2. The van der Waals surface area contributed by atoms with Gasteiger partial charge in [-0.15, -0.1) is 0 Å². The fraction of sp³-hybridized carbons (Fsp3) is 0.184. The Hall–Kier alpha value is -7.18. The maximum absolute atomic E-state index is 14.9. The van der Waals surface area contributed by atoms with Gasteiger partial charge in [-0.3, -0.25) is 0 Å². The number of rotatable bonds is 16. The topological polar surface area (TPSA) is 100 Å². The zero-order valence-corrected chi connectivity index (χ0v) is 32.6. The van der Waals surface area contributed by atoms with E-state index in [0.29, 0.717) is 24.0 Å². The van der Waals surface area contributed by atoms with Gasteiger partial charge >= 0.3 is 11.9 Å². The summed E-state index contributed by atoms with van der Waals surface area (Å²) in [5.74, 6) is -7.00. The number of benzene rings is 6. The number of carbonyl (C=O) groups excluding carboxylic acids is 2. The number of nitrogens with zero attached hydrogens (tertiary/aromatic N) is 2. The molecule has 12 heteroatoms. The molecule has 0 bridgehead atoms. The predicted octanol–water partition coefficient (Wildman–Crippen LogP) is 12.6. The molecular formula is C49H36F6N2O4. The summed E-state index contributed by atoms with van der Waals surface area (Å²) in [6, 6.07) is 26.4. The number of hydrogen-bond acceptors (Lipinski definition) is 6. The second-order valence-corrected chi connectivity index (χ2v) is 14.3. The van der Waals surface area contributed by atoms with E-state index < -0.39 is 46.8 Å². The summed E-state index contributed by atoms with van der Waals surface area (Å²) in [4.78, 5) is 25.3. The third-order valence-electron chi connectivity index (χ3n) is 10.0. The molecule has 6 nitrogen and oxygen atoms in total. The smallest absolute Gasteiger partial charge is 0.346 e. The summed E-state index contributed by atoms with van der Waals surface area (Å²) in [6.07, 6.45) is 7.58. The van der Waals surface area contributed by atoms with Crippen LogP contribution in [0.1, 0.15) is 87.9 Å². The van der Waals surface area contributed by atoms with Crippen LogP contribution in [0.25, 0.3) is 22.3 Å². The second kappa shape index (κ2) is 20.2. The summed E-state index contributed by atoms with van der Waals surface area (Å²) in [5.41, 5.74) is 0.927. The van der Waals surface area contributed by atoms with Crippen LogP contribution in [0.5, 0.6) is 11.5 Å². The number of unbranched alkanes of at least 4 members (excludes halogenated alkanes) is 6. The maximum atomic E-state index is 14.9. The number of nitriles is 2. The van der Waals surface area contributed by atoms with Crippen LogP contribution in [0.4, 0.5) is 26.3 Å². The van der Waals surface area contributed by atoms with E-state index in [1.807, 2.05) is 0 Å². The Morgan fingerprint density at radius 2 is 0.820 bits per heavy atom. The molecule has 0 aliphatic rings. The molecule has 0 aromatic heterocycles. The highest BCUT2D eigenvalue weighted by Crippen LogP contribution is 2.30. The van der Waals surface area contributed by atoms with Gasteiger partial charge in [-0.25, -0.2) is 35.9 Å². The highest BCUT2D eigenvalue weighted by molar-refractivity contribution is 5.92. The lowest BCUT2D eigenvalue weighted by atomic mass is 10.0. The lowest BCUT2D eigenvalue weighted by Gasteiger charge is -2.10. The first kappa shape index (κ1) is 43.4. The summed E-state index contributed by atoms with van der Waals surface area (Å²) >= 11 is 0. The quantitative estimate of drug-likeness (QED) is 0.0417. The maximum Gasteiger partial charge on any atom is 0.346 e. The van der Waals surface area contributed by atoms with Gasteiger partial charge in [-0.2, -0.15) is 10.5 Å². The van der Waals surface area contributed by atoms with Crippen LogP contribution in [0.3, 0.4) is 0 Å². The van der Waals surface area contributed by atoms with E-state index in [1.165, 1.54) is 72.8 Å². The summed E-state index contributed by atoms with van der Waals surface area (Å²) in [5, 5.41) is 17.8. The molecule has 0 fully saturated rings. The van der Waals surface area contributed by atoms with Crippen LogP contribution in [0, 0.1) is 57.6 Å². The molecular weight excluding hydrogens is 795 g/mol. The van der Waals surface area contributed by atoms with Crippen LogP contribution in [-0.4, -0.2) is 11.9 Å². The fourth-order valence-electron chi connectivity index (χ4n) is 6.76. The number of halogens is 6. The minimum absolute atomic E-state index is 0.0336. The molecule has 0 unspecified atom stereocenters. The molecule has 0 saturated carbocycles. The fourth-order valence-corrected chi connectivity index (χ4v) is 6.76. The Labute approximate surface area is 348 Å². The summed E-state index contributed by atoms with van der Waals surface area (Å²) in [7, 11) is 0. The van der Waals surface area contributed by atoms with Gasteiger partial charge in [0.1, 0.15) is 58.5 Å². The van der Waals surface area contributed by atoms with E-state index in [9.17, 15) is 35.9 Å². The van der Waals surface area contributed by atoms with Crippen molar-refractivity contribution >= 4 is 11.9 Å². The molecule has 0 atom stereocenters. The Morgan fingerprint density at radius 1 is 0.426 bits per heavy atom. The molecule has 0 spiro atoms. The lowest BCUT2D eigenvalue weighted by molar-refractivity contribution is 0.0719. The second-order valence-electron chi connectivity index (χ2n) is 14.3. The van der Waals surface area contributed by atoms with Gasteiger partial charge in [0.05, 0.1) is 22.3 Å². The molecule has 61 heavy (non-hydrogen) atoms. The Balaban J connectivity index is 0.872. The minimum Gasteiger partial charge on any atom is -0.423 e. The van der Waals surface area contributed by atoms with Gasteiger partial charge in [0.15, 0.2) is 0 Å². The van der Waals surface area contributed by atoms with Crippen LogP contribution in [0.2, 0.25) is 0 Å². The van der Waals surface area contributed by atoms with Gasteiger partial charge in [-0.05, 0) is 121 Å². The molecule has 6 aromatic rings. The van der Waals surface area contributed by atoms with Crippen LogP contribution in [0.15, 0.2) is 109 Å². The van der Waals surface area contributed by atoms with Crippen molar-refractivity contribution in [1.82, 2.24) is 0 Å². The molecule has 0 N–H and O–H groups in total. The predicted molar refractivity (Wildman–Crippen MR) is 215 cm³/mol. The Kier molecular flexibility index (Phi) is 14.4. The van der Waals surface area contributed by atoms with Crippen molar-refractivity contribution in [2.75, 3.05) is 0 Å². The zero-order valence-electron chi connectivity index (χ0n) is 32.6. The normalized spacial score (nSPS) is 10.8. The van der Waals surface area contributed by atoms with E-state index in [0.717, 1.165) is 69.2 Å². The molecule has 0 radical (unpaired) electrons. The third kappa shape index (κ3) is 11.1. The minimum atomic E-state index is -0.996. The Morgan fingerprint density at radius 3 is 1.16 bits per heavy atom. The van der Waals surface area contributed by atoms with Crippen LogP contribution in [-0.2, 0) is 12.8 Å². The monoisotopic (exact) mass is 830 g/mol. The molecule has 0 aliphatic heterocycles. The molecule has 0 amide bonds. The first-order chi connectivity index (χ1) is 29.4. The SMILES string of the molecule is N#Cc1ccc(-c2ccc(OC(=O)c3ccc(CCCCCCCCCc4ccc(C(=O)Oc5ccc(-c6ccc(C#N)c(F)c6)c(F)c5)c(F)c4)cc3F)cc2F)cc1F. The highest BCUT2D eigenvalue weighted by Gasteiger charge is 2.19. The van der Waals surface area contributed by atoms with E-state index in [2.05, 4.69) is 0 Å². The van der Waals surface area contributed by atoms with Crippen molar-refractivity contribution in [2.24, 2.45) is 0 Å². The summed E-state index contributed by atoms with van der Waals surface area (Å²) < 4.78 is 97.8. The molecule has 0 heterocycles. The van der Waals surface area contributed by atoms with Gasteiger partial charge < -0.3 is 9.47 Å². The van der Waals surface area contributed by atoms with Crippen molar-refractivity contribution in [3.05, 3.63) is 177 Å². The lowest BCUT2D eigenvalue weighted by Crippen LogP contribution is -2.11. The van der Waals surface area contributed by atoms with Gasteiger partial charge in [0.2, 0.25) is 0 Å². The summed E-state index contributed by atoms with van der Waals surface area (Å²) in [6.45, 7) is 0. The first-order valence-corrected chi connectivity index (χ1v) is 19.4. The number of hydrogen-bond donors (Lipinski definition) is 0. The molecule has 308 valence electrons. The standard InChI is InChI=1S/C49H36F6N2O4/c50-42-24-32(12-14-34(42)28-56)38-20-16-36(26-46(38)54)60-48(58)40-18-10-30(22-44(40)52)8-6-4-2-1-3-5-7-9-31-11-19-41(45(53)23-31)49(59)61-37-17-21-39(47(55)27-37)33-13-15-35(29-57)43(51)25-33/h10-27H,1-9H2. The van der Waals surface area contributed by atoms with Gasteiger partial charge in [0.25, 0.3) is 0 Å². The van der Waals surface area contributed by atoms with E-state index in [-0.39, 0.29) is 56.0 Å². The van der Waals surface area contributed by atoms with Crippen molar-refractivity contribution < 1.29 is 45.4 Å². The van der Waals surface area contributed by atoms with Gasteiger partial charge in [0, 0.05) is 23.3 Å². The van der Waals surface area contributed by atoms with Crippen molar-refractivity contribution in [1.29, 1.82) is 10.5 Å². The van der Waals surface area contributed by atoms with Crippen LogP contribution < -0.4 is 9.47 Å². The number of aryl methyl sites for hydroxylation is 2. The third-order valence-corrected chi connectivity index (χ3v) is 10.0. The zero-order chi connectivity index (χ0) is 43.5. The number of carbonyl (C=O) groups is 2. The molecule has 6 rings (SSSR count). The Bertz CT molecular complexity index is 2500.